The van der Waals surface area contributed by atoms with Crippen LogP contribution in [0.1, 0.15) is 17.7 Å². The van der Waals surface area contributed by atoms with E-state index in [4.69, 9.17) is 0 Å². The largest absolute Gasteiger partial charge is 0.355 e. The molecule has 1 amide bonds. The number of pyridine rings is 1. The zero-order valence-electron chi connectivity index (χ0n) is 10.8. The van der Waals surface area contributed by atoms with Crippen molar-refractivity contribution in [3.05, 3.63) is 47.6 Å². The average molecular weight is 310 g/mol. The second-order valence-electron chi connectivity index (χ2n) is 4.19. The molecule has 0 aliphatic rings. The standard InChI is InChI=1S/C13H14N2O3S2/c1-10(16)15-9-12(11-4-2-6-14-8-11)20(17,18)13-5-3-7-19-13/h2-8,12H,9H2,1H3,(H,15,16)/t12-/m0/s1. The molecule has 7 heteroatoms. The van der Waals surface area contributed by atoms with E-state index >= 15 is 0 Å². The van der Waals surface area contributed by atoms with E-state index in [-0.39, 0.29) is 16.7 Å². The molecule has 0 aromatic carbocycles. The van der Waals surface area contributed by atoms with Gasteiger partial charge in [-0.3, -0.25) is 9.78 Å². The molecule has 106 valence electrons. The van der Waals surface area contributed by atoms with E-state index in [9.17, 15) is 13.2 Å². The molecular weight excluding hydrogens is 296 g/mol. The number of amides is 1. The van der Waals surface area contributed by atoms with Crippen molar-refractivity contribution in [3.8, 4) is 0 Å². The van der Waals surface area contributed by atoms with Crippen molar-refractivity contribution in [2.45, 2.75) is 16.4 Å². The van der Waals surface area contributed by atoms with Gasteiger partial charge >= 0.3 is 0 Å². The normalized spacial score (nSPS) is 12.8. The van der Waals surface area contributed by atoms with Gasteiger partial charge in [-0.05, 0) is 23.1 Å². The first kappa shape index (κ1) is 14.7. The third kappa shape index (κ3) is 3.23. The molecule has 0 aliphatic carbocycles. The Bertz CT molecular complexity index is 667. The summed E-state index contributed by atoms with van der Waals surface area (Å²) in [7, 11) is -3.54. The minimum atomic E-state index is -3.54. The Morgan fingerprint density at radius 3 is 2.75 bits per heavy atom. The number of sulfone groups is 1. The van der Waals surface area contributed by atoms with Gasteiger partial charge < -0.3 is 5.32 Å². The molecule has 2 rings (SSSR count). The fourth-order valence-corrected chi connectivity index (χ4v) is 4.62. The maximum atomic E-state index is 12.6. The molecule has 0 saturated carbocycles. The Balaban J connectivity index is 2.39. The van der Waals surface area contributed by atoms with Crippen molar-refractivity contribution in [2.24, 2.45) is 0 Å². The predicted molar refractivity (Wildman–Crippen MR) is 77.2 cm³/mol. The van der Waals surface area contributed by atoms with Gasteiger partial charge in [0.2, 0.25) is 5.91 Å². The highest BCUT2D eigenvalue weighted by Gasteiger charge is 2.30. The zero-order valence-corrected chi connectivity index (χ0v) is 12.4. The lowest BCUT2D eigenvalue weighted by Crippen LogP contribution is -2.30. The molecule has 0 bridgehead atoms. The molecule has 0 saturated heterocycles. The summed E-state index contributed by atoms with van der Waals surface area (Å²) in [5.74, 6) is -0.264. The van der Waals surface area contributed by atoms with Crippen molar-refractivity contribution in [3.63, 3.8) is 0 Å². The van der Waals surface area contributed by atoms with E-state index in [0.717, 1.165) is 0 Å². The molecule has 20 heavy (non-hydrogen) atoms. The zero-order chi connectivity index (χ0) is 14.6. The number of thiophene rings is 1. The molecule has 0 aliphatic heterocycles. The summed E-state index contributed by atoms with van der Waals surface area (Å²) in [4.78, 5) is 15.0. The topological polar surface area (TPSA) is 76.1 Å². The highest BCUT2D eigenvalue weighted by Crippen LogP contribution is 2.30. The van der Waals surface area contributed by atoms with Gasteiger partial charge in [0.15, 0.2) is 9.84 Å². The van der Waals surface area contributed by atoms with E-state index < -0.39 is 15.1 Å². The number of hydrogen-bond acceptors (Lipinski definition) is 5. The summed E-state index contributed by atoms with van der Waals surface area (Å²) >= 11 is 1.17. The summed E-state index contributed by atoms with van der Waals surface area (Å²) in [6, 6.07) is 6.64. The van der Waals surface area contributed by atoms with Crippen LogP contribution in [0.2, 0.25) is 0 Å². The summed E-state index contributed by atoms with van der Waals surface area (Å²) in [6.07, 6.45) is 3.09. The Morgan fingerprint density at radius 2 is 2.20 bits per heavy atom. The molecule has 0 radical (unpaired) electrons. The van der Waals surface area contributed by atoms with Gasteiger partial charge in [0.05, 0.1) is 0 Å². The number of carbonyl (C=O) groups excluding carboxylic acids is 1. The minimum absolute atomic E-state index is 0.0290. The minimum Gasteiger partial charge on any atom is -0.355 e. The highest BCUT2D eigenvalue weighted by atomic mass is 32.2. The van der Waals surface area contributed by atoms with Crippen molar-refractivity contribution in [1.29, 1.82) is 0 Å². The lowest BCUT2D eigenvalue weighted by atomic mass is 10.2. The number of carbonyl (C=O) groups is 1. The fourth-order valence-electron chi connectivity index (χ4n) is 1.78. The second-order valence-corrected chi connectivity index (χ2v) is 7.49. The summed E-state index contributed by atoms with van der Waals surface area (Å²) in [5, 5.41) is 3.45. The van der Waals surface area contributed by atoms with E-state index in [0.29, 0.717) is 5.56 Å². The van der Waals surface area contributed by atoms with Gasteiger partial charge in [-0.1, -0.05) is 12.1 Å². The molecular formula is C13H14N2O3S2. The van der Waals surface area contributed by atoms with Crippen LogP contribution in [0, 0.1) is 0 Å². The van der Waals surface area contributed by atoms with Crippen molar-refractivity contribution in [2.75, 3.05) is 6.54 Å². The van der Waals surface area contributed by atoms with Crippen LogP contribution in [0.5, 0.6) is 0 Å². The fraction of sp³-hybridized carbons (Fsp3) is 0.231. The molecule has 2 heterocycles. The van der Waals surface area contributed by atoms with Gasteiger partial charge in [0.1, 0.15) is 9.46 Å². The molecule has 0 unspecified atom stereocenters. The Morgan fingerprint density at radius 1 is 1.40 bits per heavy atom. The first-order valence-electron chi connectivity index (χ1n) is 5.93. The monoisotopic (exact) mass is 310 g/mol. The van der Waals surface area contributed by atoms with E-state index in [1.807, 2.05) is 0 Å². The lowest BCUT2D eigenvalue weighted by molar-refractivity contribution is -0.118. The van der Waals surface area contributed by atoms with E-state index in [2.05, 4.69) is 10.3 Å². The van der Waals surface area contributed by atoms with Crippen LogP contribution in [0.25, 0.3) is 0 Å². The van der Waals surface area contributed by atoms with Crippen LogP contribution in [0.4, 0.5) is 0 Å². The van der Waals surface area contributed by atoms with Crippen LogP contribution in [-0.4, -0.2) is 25.9 Å². The molecule has 0 spiro atoms. The summed E-state index contributed by atoms with van der Waals surface area (Å²) < 4.78 is 25.6. The van der Waals surface area contributed by atoms with Gasteiger partial charge in [-0.25, -0.2) is 8.42 Å². The number of hydrogen-bond donors (Lipinski definition) is 1. The van der Waals surface area contributed by atoms with E-state index in [1.165, 1.54) is 24.5 Å². The van der Waals surface area contributed by atoms with Crippen molar-refractivity contribution in [1.82, 2.24) is 10.3 Å². The molecule has 0 fully saturated rings. The maximum absolute atomic E-state index is 12.6. The number of nitrogens with one attached hydrogen (secondary N) is 1. The Labute approximate surface area is 121 Å². The maximum Gasteiger partial charge on any atom is 0.216 e. The smallest absolute Gasteiger partial charge is 0.216 e. The quantitative estimate of drug-likeness (QED) is 0.913. The third-order valence-corrected chi connectivity index (χ3v) is 6.27. The van der Waals surface area contributed by atoms with Gasteiger partial charge in [-0.2, -0.15) is 0 Å². The van der Waals surface area contributed by atoms with Crippen LogP contribution >= 0.6 is 11.3 Å². The highest BCUT2D eigenvalue weighted by molar-refractivity contribution is 7.93. The molecule has 2 aromatic heterocycles. The second kappa shape index (κ2) is 6.15. The van der Waals surface area contributed by atoms with E-state index in [1.54, 1.807) is 35.8 Å². The van der Waals surface area contributed by atoms with Gasteiger partial charge in [0, 0.05) is 25.9 Å². The van der Waals surface area contributed by atoms with Gasteiger partial charge in [-0.15, -0.1) is 11.3 Å². The van der Waals surface area contributed by atoms with Crippen LogP contribution in [0.3, 0.4) is 0 Å². The average Bonchev–Trinajstić information content (AvgIpc) is 2.94. The summed E-state index contributed by atoms with van der Waals surface area (Å²) in [5.41, 5.74) is 0.564. The lowest BCUT2D eigenvalue weighted by Gasteiger charge is -2.17. The first-order valence-corrected chi connectivity index (χ1v) is 8.36. The molecule has 2 aromatic rings. The van der Waals surface area contributed by atoms with Crippen molar-refractivity contribution >= 4 is 27.1 Å². The van der Waals surface area contributed by atoms with Crippen LogP contribution < -0.4 is 5.32 Å². The number of aromatic nitrogens is 1. The number of rotatable bonds is 5. The third-order valence-electron chi connectivity index (χ3n) is 2.74. The predicted octanol–water partition coefficient (Wildman–Crippen LogP) is 1.79. The summed E-state index contributed by atoms with van der Waals surface area (Å²) in [6.45, 7) is 1.39. The Hall–Kier alpha value is -1.73. The Kier molecular flexibility index (Phi) is 4.51. The van der Waals surface area contributed by atoms with Crippen LogP contribution in [0.15, 0.2) is 46.2 Å². The van der Waals surface area contributed by atoms with Crippen molar-refractivity contribution < 1.29 is 13.2 Å². The molecule has 1 atom stereocenters. The molecule has 1 N–H and O–H groups in total. The molecule has 5 nitrogen and oxygen atoms in total. The first-order chi connectivity index (χ1) is 9.51. The number of nitrogens with zero attached hydrogens (tertiary/aromatic N) is 1. The SMILES string of the molecule is CC(=O)NC[C@@H](c1cccnc1)S(=O)(=O)c1cccs1. The van der Waals surface area contributed by atoms with Crippen LogP contribution in [-0.2, 0) is 14.6 Å². The van der Waals surface area contributed by atoms with Gasteiger partial charge in [0.25, 0.3) is 0 Å².